The van der Waals surface area contributed by atoms with Crippen molar-refractivity contribution in [3.05, 3.63) is 65.5 Å². The molecule has 1 fully saturated rings. The van der Waals surface area contributed by atoms with Crippen LogP contribution in [-0.4, -0.2) is 26.3 Å². The molecule has 1 saturated heterocycles. The van der Waals surface area contributed by atoms with E-state index in [1.807, 2.05) is 36.4 Å². The highest BCUT2D eigenvalue weighted by molar-refractivity contribution is 5.27. The van der Waals surface area contributed by atoms with Crippen LogP contribution in [0.25, 0.3) is 0 Å². The SMILES string of the molecule is COc1ccc(COC2CNCCC2c2ccc(F)cc2)cc1. The van der Waals surface area contributed by atoms with Gasteiger partial charge in [-0.1, -0.05) is 24.3 Å². The number of halogens is 1. The predicted molar refractivity (Wildman–Crippen MR) is 88.2 cm³/mol. The highest BCUT2D eigenvalue weighted by Crippen LogP contribution is 2.28. The molecule has 4 heteroatoms. The van der Waals surface area contributed by atoms with Gasteiger partial charge in [-0.2, -0.15) is 0 Å². The number of ether oxygens (including phenoxy) is 2. The van der Waals surface area contributed by atoms with Crippen LogP contribution in [0.2, 0.25) is 0 Å². The van der Waals surface area contributed by atoms with E-state index in [0.29, 0.717) is 12.5 Å². The second kappa shape index (κ2) is 7.57. The summed E-state index contributed by atoms with van der Waals surface area (Å²) in [5.74, 6) is 0.950. The summed E-state index contributed by atoms with van der Waals surface area (Å²) in [6.45, 7) is 2.34. The third kappa shape index (κ3) is 4.09. The molecule has 0 aromatic heterocycles. The lowest BCUT2D eigenvalue weighted by Gasteiger charge is -2.32. The molecule has 23 heavy (non-hydrogen) atoms. The quantitative estimate of drug-likeness (QED) is 0.916. The van der Waals surface area contributed by atoms with Crippen molar-refractivity contribution < 1.29 is 13.9 Å². The number of methoxy groups -OCH3 is 1. The first kappa shape index (κ1) is 16.0. The summed E-state index contributed by atoms with van der Waals surface area (Å²) in [7, 11) is 1.66. The Morgan fingerprint density at radius 3 is 2.52 bits per heavy atom. The average molecular weight is 315 g/mol. The molecule has 2 aromatic carbocycles. The number of benzene rings is 2. The van der Waals surface area contributed by atoms with Crippen LogP contribution in [-0.2, 0) is 11.3 Å². The normalized spacial score (nSPS) is 21.1. The van der Waals surface area contributed by atoms with Crippen LogP contribution >= 0.6 is 0 Å². The standard InChI is InChI=1S/C19H22FNO2/c1-22-17-8-2-14(3-9-17)13-23-19-12-21-11-10-18(19)15-4-6-16(20)7-5-15/h2-9,18-19,21H,10-13H2,1H3. The monoisotopic (exact) mass is 315 g/mol. The van der Waals surface area contributed by atoms with E-state index in [-0.39, 0.29) is 11.9 Å². The maximum Gasteiger partial charge on any atom is 0.123 e. The molecule has 2 aromatic rings. The Labute approximate surface area is 136 Å². The molecule has 1 heterocycles. The summed E-state index contributed by atoms with van der Waals surface area (Å²) < 4.78 is 24.4. The maximum atomic E-state index is 13.1. The van der Waals surface area contributed by atoms with Gasteiger partial charge < -0.3 is 14.8 Å². The fourth-order valence-electron chi connectivity index (χ4n) is 3.02. The van der Waals surface area contributed by atoms with Crippen molar-refractivity contribution in [3.63, 3.8) is 0 Å². The Kier molecular flexibility index (Phi) is 5.26. The summed E-state index contributed by atoms with van der Waals surface area (Å²) in [6.07, 6.45) is 1.09. The number of hydrogen-bond acceptors (Lipinski definition) is 3. The molecule has 2 atom stereocenters. The van der Waals surface area contributed by atoms with Crippen LogP contribution in [0, 0.1) is 5.82 Å². The Morgan fingerprint density at radius 1 is 1.09 bits per heavy atom. The smallest absolute Gasteiger partial charge is 0.123 e. The van der Waals surface area contributed by atoms with E-state index in [1.54, 1.807) is 7.11 Å². The lowest BCUT2D eigenvalue weighted by molar-refractivity contribution is 0.0106. The Bertz CT molecular complexity index is 612. The first-order valence-corrected chi connectivity index (χ1v) is 7.97. The van der Waals surface area contributed by atoms with Crippen molar-refractivity contribution >= 4 is 0 Å². The second-order valence-electron chi connectivity index (χ2n) is 5.85. The van der Waals surface area contributed by atoms with E-state index in [0.717, 1.165) is 36.4 Å². The largest absolute Gasteiger partial charge is 0.497 e. The lowest BCUT2D eigenvalue weighted by Crippen LogP contribution is -2.40. The van der Waals surface area contributed by atoms with Crippen LogP contribution in [0.1, 0.15) is 23.5 Å². The zero-order valence-corrected chi connectivity index (χ0v) is 13.3. The van der Waals surface area contributed by atoms with E-state index in [4.69, 9.17) is 9.47 Å². The van der Waals surface area contributed by atoms with Gasteiger partial charge in [-0.15, -0.1) is 0 Å². The molecule has 0 saturated carbocycles. The van der Waals surface area contributed by atoms with E-state index in [1.165, 1.54) is 12.1 Å². The average Bonchev–Trinajstić information content (AvgIpc) is 2.61. The van der Waals surface area contributed by atoms with Crippen LogP contribution in [0.5, 0.6) is 5.75 Å². The topological polar surface area (TPSA) is 30.5 Å². The molecule has 1 N–H and O–H groups in total. The van der Waals surface area contributed by atoms with Crippen LogP contribution in [0.4, 0.5) is 4.39 Å². The summed E-state index contributed by atoms with van der Waals surface area (Å²) >= 11 is 0. The van der Waals surface area contributed by atoms with Gasteiger partial charge in [-0.3, -0.25) is 0 Å². The molecule has 0 amide bonds. The van der Waals surface area contributed by atoms with Crippen molar-refractivity contribution in [2.75, 3.05) is 20.2 Å². The van der Waals surface area contributed by atoms with Gasteiger partial charge in [0, 0.05) is 12.5 Å². The fraction of sp³-hybridized carbons (Fsp3) is 0.368. The van der Waals surface area contributed by atoms with Crippen LogP contribution in [0.15, 0.2) is 48.5 Å². The molecule has 2 unspecified atom stereocenters. The highest BCUT2D eigenvalue weighted by Gasteiger charge is 2.27. The van der Waals surface area contributed by atoms with Gasteiger partial charge in [0.2, 0.25) is 0 Å². The van der Waals surface area contributed by atoms with Gasteiger partial charge in [0.15, 0.2) is 0 Å². The molecular formula is C19H22FNO2. The highest BCUT2D eigenvalue weighted by atomic mass is 19.1. The predicted octanol–water partition coefficient (Wildman–Crippen LogP) is 3.50. The first-order valence-electron chi connectivity index (χ1n) is 7.97. The maximum absolute atomic E-state index is 13.1. The summed E-state index contributed by atoms with van der Waals surface area (Å²) in [4.78, 5) is 0. The molecule has 0 radical (unpaired) electrons. The zero-order chi connectivity index (χ0) is 16.1. The number of hydrogen-bond donors (Lipinski definition) is 1. The molecule has 3 rings (SSSR count). The van der Waals surface area contributed by atoms with Gasteiger partial charge in [0.25, 0.3) is 0 Å². The van der Waals surface area contributed by atoms with Gasteiger partial charge in [-0.25, -0.2) is 4.39 Å². The van der Waals surface area contributed by atoms with Crippen molar-refractivity contribution in [1.29, 1.82) is 0 Å². The fourth-order valence-corrected chi connectivity index (χ4v) is 3.02. The third-order valence-electron chi connectivity index (χ3n) is 4.35. The minimum absolute atomic E-state index is 0.0938. The molecule has 0 spiro atoms. The van der Waals surface area contributed by atoms with Crippen molar-refractivity contribution in [2.24, 2.45) is 0 Å². The molecule has 1 aliphatic rings. The number of rotatable bonds is 5. The Balaban J connectivity index is 1.65. The first-order chi connectivity index (χ1) is 11.3. The second-order valence-corrected chi connectivity index (χ2v) is 5.85. The van der Waals surface area contributed by atoms with Crippen molar-refractivity contribution in [3.8, 4) is 5.75 Å². The van der Waals surface area contributed by atoms with E-state index in [9.17, 15) is 4.39 Å². The molecule has 0 bridgehead atoms. The molecular weight excluding hydrogens is 293 g/mol. The Morgan fingerprint density at radius 2 is 1.83 bits per heavy atom. The van der Waals surface area contributed by atoms with Crippen molar-refractivity contribution in [2.45, 2.75) is 25.0 Å². The number of piperidine rings is 1. The van der Waals surface area contributed by atoms with Gasteiger partial charge in [-0.05, 0) is 48.4 Å². The lowest BCUT2D eigenvalue weighted by atomic mass is 9.88. The van der Waals surface area contributed by atoms with Crippen LogP contribution in [0.3, 0.4) is 0 Å². The molecule has 0 aliphatic carbocycles. The summed E-state index contributed by atoms with van der Waals surface area (Å²) in [5, 5.41) is 3.38. The van der Waals surface area contributed by atoms with Gasteiger partial charge >= 0.3 is 0 Å². The minimum Gasteiger partial charge on any atom is -0.497 e. The molecule has 1 aliphatic heterocycles. The van der Waals surface area contributed by atoms with Crippen LogP contribution < -0.4 is 10.1 Å². The Hall–Kier alpha value is -1.91. The van der Waals surface area contributed by atoms with E-state index >= 15 is 0 Å². The van der Waals surface area contributed by atoms with E-state index < -0.39 is 0 Å². The summed E-state index contributed by atoms with van der Waals surface area (Å²) in [6, 6.07) is 14.7. The molecule has 122 valence electrons. The van der Waals surface area contributed by atoms with Gasteiger partial charge in [0.05, 0.1) is 19.8 Å². The third-order valence-corrected chi connectivity index (χ3v) is 4.35. The minimum atomic E-state index is -0.196. The van der Waals surface area contributed by atoms with Crippen molar-refractivity contribution in [1.82, 2.24) is 5.32 Å². The van der Waals surface area contributed by atoms with E-state index in [2.05, 4.69) is 5.32 Å². The number of nitrogens with one attached hydrogen (secondary N) is 1. The van der Waals surface area contributed by atoms with Gasteiger partial charge in [0.1, 0.15) is 11.6 Å². The zero-order valence-electron chi connectivity index (χ0n) is 13.3. The molecule has 3 nitrogen and oxygen atoms in total. The summed E-state index contributed by atoms with van der Waals surface area (Å²) in [5.41, 5.74) is 2.27.